The Hall–Kier alpha value is -2.67. The Bertz CT molecular complexity index is 633. The van der Waals surface area contributed by atoms with Gasteiger partial charge in [0.2, 0.25) is 5.76 Å². The number of nitro groups is 1. The van der Waals surface area contributed by atoms with E-state index < -0.39 is 10.9 Å². The summed E-state index contributed by atoms with van der Waals surface area (Å²) in [5.74, 6) is 0.249. The largest absolute Gasteiger partial charge is 0.463 e. The van der Waals surface area contributed by atoms with Gasteiger partial charge in [0.1, 0.15) is 5.76 Å². The van der Waals surface area contributed by atoms with Crippen molar-refractivity contribution in [2.24, 2.45) is 0 Å². The van der Waals surface area contributed by atoms with Crippen LogP contribution < -0.4 is 5.32 Å². The number of ether oxygens (including phenoxy) is 1. The Balaban J connectivity index is 1.85. The number of nitrogens with one attached hydrogen (secondary N) is 1. The van der Waals surface area contributed by atoms with E-state index >= 15 is 0 Å². The van der Waals surface area contributed by atoms with Crippen LogP contribution in [0.4, 0.5) is 5.69 Å². The van der Waals surface area contributed by atoms with Crippen molar-refractivity contribution in [2.45, 2.75) is 13.1 Å². The fraction of sp³-hybridized carbons (Fsp3) is 0.214. The van der Waals surface area contributed by atoms with Crippen molar-refractivity contribution in [2.75, 3.05) is 7.11 Å². The standard InChI is InChI=1S/C14H14N2O5/c1-20-14(17)13-7-6-12(21-13)9-15-8-10-2-4-11(5-3-10)16(18)19/h2-7,15H,8-9H2,1H3. The molecule has 21 heavy (non-hydrogen) atoms. The van der Waals surface area contributed by atoms with Crippen LogP contribution in [-0.4, -0.2) is 18.0 Å². The molecule has 0 saturated heterocycles. The highest BCUT2D eigenvalue weighted by molar-refractivity contribution is 5.86. The number of nitrogens with zero attached hydrogens (tertiary/aromatic N) is 1. The zero-order chi connectivity index (χ0) is 15.2. The number of hydrogen-bond acceptors (Lipinski definition) is 6. The average molecular weight is 290 g/mol. The van der Waals surface area contributed by atoms with Crippen LogP contribution in [0.1, 0.15) is 21.9 Å². The van der Waals surface area contributed by atoms with Gasteiger partial charge in [-0.05, 0) is 17.7 Å². The molecule has 110 valence electrons. The van der Waals surface area contributed by atoms with Crippen molar-refractivity contribution in [3.05, 3.63) is 63.6 Å². The lowest BCUT2D eigenvalue weighted by molar-refractivity contribution is -0.384. The molecule has 1 heterocycles. The van der Waals surface area contributed by atoms with E-state index in [4.69, 9.17) is 4.42 Å². The minimum Gasteiger partial charge on any atom is -0.463 e. The van der Waals surface area contributed by atoms with Gasteiger partial charge in [-0.1, -0.05) is 12.1 Å². The number of benzene rings is 1. The number of furan rings is 1. The van der Waals surface area contributed by atoms with E-state index in [1.165, 1.54) is 19.2 Å². The number of hydrogen-bond donors (Lipinski definition) is 1. The van der Waals surface area contributed by atoms with Gasteiger partial charge in [-0.25, -0.2) is 4.79 Å². The SMILES string of the molecule is COC(=O)c1ccc(CNCc2ccc([N+](=O)[O-])cc2)o1. The topological polar surface area (TPSA) is 94.6 Å². The van der Waals surface area contributed by atoms with Crippen molar-refractivity contribution >= 4 is 11.7 Å². The molecule has 2 rings (SSSR count). The lowest BCUT2D eigenvalue weighted by Gasteiger charge is -2.03. The van der Waals surface area contributed by atoms with E-state index in [0.717, 1.165) is 5.56 Å². The number of esters is 1. The average Bonchev–Trinajstić information content (AvgIpc) is 2.96. The molecule has 0 aliphatic rings. The second-order valence-electron chi connectivity index (χ2n) is 4.28. The highest BCUT2D eigenvalue weighted by atomic mass is 16.6. The van der Waals surface area contributed by atoms with Gasteiger partial charge in [-0.15, -0.1) is 0 Å². The Morgan fingerprint density at radius 3 is 2.57 bits per heavy atom. The molecule has 7 heteroatoms. The lowest BCUT2D eigenvalue weighted by atomic mass is 10.2. The van der Waals surface area contributed by atoms with Crippen LogP contribution in [0.2, 0.25) is 0 Å². The third-order valence-corrected chi connectivity index (χ3v) is 2.82. The Morgan fingerprint density at radius 1 is 1.24 bits per heavy atom. The smallest absolute Gasteiger partial charge is 0.373 e. The number of rotatable bonds is 6. The van der Waals surface area contributed by atoms with Gasteiger partial charge in [0, 0.05) is 18.7 Å². The molecule has 1 aromatic carbocycles. The lowest BCUT2D eigenvalue weighted by Crippen LogP contribution is -2.12. The third-order valence-electron chi connectivity index (χ3n) is 2.82. The highest BCUT2D eigenvalue weighted by Gasteiger charge is 2.10. The summed E-state index contributed by atoms with van der Waals surface area (Å²) in [5.41, 5.74) is 0.979. The first-order chi connectivity index (χ1) is 10.1. The second kappa shape index (κ2) is 6.67. The second-order valence-corrected chi connectivity index (χ2v) is 4.28. The minimum atomic E-state index is -0.517. The first kappa shape index (κ1) is 14.7. The fourth-order valence-electron chi connectivity index (χ4n) is 1.75. The van der Waals surface area contributed by atoms with E-state index in [1.807, 2.05) is 0 Å². The van der Waals surface area contributed by atoms with Crippen LogP contribution in [0, 0.1) is 10.1 Å². The quantitative estimate of drug-likeness (QED) is 0.498. The molecule has 0 aliphatic heterocycles. The minimum absolute atomic E-state index is 0.0625. The molecule has 0 unspecified atom stereocenters. The molecule has 1 aromatic heterocycles. The van der Waals surface area contributed by atoms with E-state index in [1.54, 1.807) is 24.3 Å². The van der Waals surface area contributed by atoms with Crippen molar-refractivity contribution in [1.82, 2.24) is 5.32 Å². The molecule has 2 aromatic rings. The predicted octanol–water partition coefficient (Wildman–Crippen LogP) is 2.26. The number of non-ortho nitro benzene ring substituents is 1. The van der Waals surface area contributed by atoms with Crippen molar-refractivity contribution in [1.29, 1.82) is 0 Å². The summed E-state index contributed by atoms with van der Waals surface area (Å²) in [7, 11) is 1.29. The van der Waals surface area contributed by atoms with Crippen LogP contribution in [0.5, 0.6) is 0 Å². The summed E-state index contributed by atoms with van der Waals surface area (Å²) in [5, 5.41) is 13.7. The molecule has 0 radical (unpaired) electrons. The zero-order valence-corrected chi connectivity index (χ0v) is 11.4. The molecule has 0 spiro atoms. The number of carbonyl (C=O) groups is 1. The third kappa shape index (κ3) is 3.90. The van der Waals surface area contributed by atoms with E-state index in [2.05, 4.69) is 10.1 Å². The summed E-state index contributed by atoms with van der Waals surface area (Å²) in [4.78, 5) is 21.3. The Labute approximate surface area is 120 Å². The van der Waals surface area contributed by atoms with Crippen molar-refractivity contribution < 1.29 is 18.9 Å². The van der Waals surface area contributed by atoms with Gasteiger partial charge in [-0.2, -0.15) is 0 Å². The maximum absolute atomic E-state index is 11.2. The molecule has 0 bridgehead atoms. The monoisotopic (exact) mass is 290 g/mol. The summed E-state index contributed by atoms with van der Waals surface area (Å²) < 4.78 is 9.84. The molecule has 0 amide bonds. The van der Waals surface area contributed by atoms with E-state index in [0.29, 0.717) is 18.8 Å². The number of methoxy groups -OCH3 is 1. The summed E-state index contributed by atoms with van der Waals surface area (Å²) >= 11 is 0. The van der Waals surface area contributed by atoms with Crippen LogP contribution >= 0.6 is 0 Å². The summed E-state index contributed by atoms with van der Waals surface area (Å²) in [6.07, 6.45) is 0. The van der Waals surface area contributed by atoms with Gasteiger partial charge in [0.05, 0.1) is 18.6 Å². The molecule has 0 fully saturated rings. The Kier molecular flexibility index (Phi) is 4.68. The first-order valence-corrected chi connectivity index (χ1v) is 6.21. The summed E-state index contributed by atoms with van der Waals surface area (Å²) in [6, 6.07) is 9.53. The van der Waals surface area contributed by atoms with Crippen LogP contribution in [0.15, 0.2) is 40.8 Å². The maximum atomic E-state index is 11.2. The van der Waals surface area contributed by atoms with E-state index in [9.17, 15) is 14.9 Å². The Morgan fingerprint density at radius 2 is 1.95 bits per heavy atom. The van der Waals surface area contributed by atoms with Gasteiger partial charge in [0.25, 0.3) is 5.69 Å². The number of nitro benzene ring substituents is 1. The summed E-state index contributed by atoms with van der Waals surface area (Å²) in [6.45, 7) is 0.972. The zero-order valence-electron chi connectivity index (χ0n) is 11.4. The van der Waals surface area contributed by atoms with E-state index in [-0.39, 0.29) is 11.4 Å². The van der Waals surface area contributed by atoms with Crippen LogP contribution in [0.3, 0.4) is 0 Å². The maximum Gasteiger partial charge on any atom is 0.373 e. The molecule has 0 atom stereocenters. The van der Waals surface area contributed by atoms with Gasteiger partial charge >= 0.3 is 5.97 Å². The van der Waals surface area contributed by atoms with Crippen LogP contribution in [-0.2, 0) is 17.8 Å². The molecular weight excluding hydrogens is 276 g/mol. The molecule has 0 saturated carbocycles. The molecular formula is C14H14N2O5. The van der Waals surface area contributed by atoms with Gasteiger partial charge in [-0.3, -0.25) is 10.1 Å². The normalized spacial score (nSPS) is 10.3. The predicted molar refractivity (Wildman–Crippen MR) is 73.7 cm³/mol. The van der Waals surface area contributed by atoms with Crippen LogP contribution in [0.25, 0.3) is 0 Å². The fourth-order valence-corrected chi connectivity index (χ4v) is 1.75. The molecule has 7 nitrogen and oxygen atoms in total. The van der Waals surface area contributed by atoms with Crippen molar-refractivity contribution in [3.63, 3.8) is 0 Å². The molecule has 0 aliphatic carbocycles. The highest BCUT2D eigenvalue weighted by Crippen LogP contribution is 2.12. The van der Waals surface area contributed by atoms with Gasteiger partial charge in [0.15, 0.2) is 0 Å². The number of carbonyl (C=O) groups excluding carboxylic acids is 1. The van der Waals surface area contributed by atoms with Gasteiger partial charge < -0.3 is 14.5 Å². The molecule has 1 N–H and O–H groups in total. The van der Waals surface area contributed by atoms with Crippen molar-refractivity contribution in [3.8, 4) is 0 Å². The first-order valence-electron chi connectivity index (χ1n) is 6.21.